The zero-order chi connectivity index (χ0) is 11.1. The lowest BCUT2D eigenvalue weighted by Crippen LogP contribution is -2.06. The van der Waals surface area contributed by atoms with E-state index in [2.05, 4.69) is 15.9 Å². The standard InChI is InChI=1S/C11H13BrO2S/c1-2-14-11(13)9-5-3-4-6-10(9)15-8-7-12/h3-6H,2,7-8H2,1H3. The molecule has 1 rings (SSSR count). The van der Waals surface area contributed by atoms with Crippen LogP contribution in [0.25, 0.3) is 0 Å². The lowest BCUT2D eigenvalue weighted by atomic mass is 10.2. The van der Waals surface area contributed by atoms with Gasteiger partial charge in [-0.3, -0.25) is 0 Å². The molecular formula is C11H13BrO2S. The van der Waals surface area contributed by atoms with E-state index in [0.717, 1.165) is 16.0 Å². The van der Waals surface area contributed by atoms with Crippen LogP contribution in [0, 0.1) is 0 Å². The molecule has 2 nitrogen and oxygen atoms in total. The summed E-state index contributed by atoms with van der Waals surface area (Å²) in [6, 6.07) is 7.53. The minimum absolute atomic E-state index is 0.241. The third-order valence-corrected chi connectivity index (χ3v) is 3.71. The summed E-state index contributed by atoms with van der Waals surface area (Å²) in [6.45, 7) is 2.22. The Kier molecular flexibility index (Phi) is 5.79. The third-order valence-electron chi connectivity index (χ3n) is 1.72. The molecular weight excluding hydrogens is 276 g/mol. The molecule has 1 aromatic rings. The molecule has 0 aliphatic carbocycles. The van der Waals surface area contributed by atoms with Crippen LogP contribution in [0.3, 0.4) is 0 Å². The van der Waals surface area contributed by atoms with Crippen molar-refractivity contribution in [2.45, 2.75) is 11.8 Å². The largest absolute Gasteiger partial charge is 0.462 e. The van der Waals surface area contributed by atoms with Crippen molar-refractivity contribution < 1.29 is 9.53 Å². The Balaban J connectivity index is 2.80. The quantitative estimate of drug-likeness (QED) is 0.472. The zero-order valence-corrected chi connectivity index (χ0v) is 10.9. The van der Waals surface area contributed by atoms with E-state index in [1.165, 1.54) is 0 Å². The molecule has 82 valence electrons. The zero-order valence-electron chi connectivity index (χ0n) is 8.53. The predicted molar refractivity (Wildman–Crippen MR) is 66.9 cm³/mol. The second-order valence-corrected chi connectivity index (χ2v) is 4.68. The Morgan fingerprint density at radius 3 is 2.87 bits per heavy atom. The van der Waals surface area contributed by atoms with E-state index >= 15 is 0 Å². The van der Waals surface area contributed by atoms with Crippen LogP contribution in [0.2, 0.25) is 0 Å². The van der Waals surface area contributed by atoms with Gasteiger partial charge in [0.25, 0.3) is 0 Å². The number of alkyl halides is 1. The van der Waals surface area contributed by atoms with Crippen LogP contribution in [0.1, 0.15) is 17.3 Å². The highest BCUT2D eigenvalue weighted by Crippen LogP contribution is 2.23. The number of hydrogen-bond donors (Lipinski definition) is 0. The van der Waals surface area contributed by atoms with Gasteiger partial charge in [0.1, 0.15) is 0 Å². The SMILES string of the molecule is CCOC(=O)c1ccccc1SCCBr. The smallest absolute Gasteiger partial charge is 0.339 e. The summed E-state index contributed by atoms with van der Waals surface area (Å²) in [5.74, 6) is 0.700. The maximum Gasteiger partial charge on any atom is 0.339 e. The van der Waals surface area contributed by atoms with Crippen LogP contribution in [-0.4, -0.2) is 23.7 Å². The van der Waals surface area contributed by atoms with E-state index in [1.54, 1.807) is 17.8 Å². The molecule has 0 aliphatic rings. The lowest BCUT2D eigenvalue weighted by Gasteiger charge is -2.07. The summed E-state index contributed by atoms with van der Waals surface area (Å²) < 4.78 is 4.98. The number of carbonyl (C=O) groups is 1. The van der Waals surface area contributed by atoms with Gasteiger partial charge in [-0.1, -0.05) is 28.1 Å². The second-order valence-electron chi connectivity index (χ2n) is 2.75. The highest BCUT2D eigenvalue weighted by molar-refractivity contribution is 9.09. The molecule has 0 spiro atoms. The summed E-state index contributed by atoms with van der Waals surface area (Å²) in [7, 11) is 0. The molecule has 0 saturated heterocycles. The average molecular weight is 289 g/mol. The van der Waals surface area contributed by atoms with E-state index in [9.17, 15) is 4.79 Å². The molecule has 0 heterocycles. The molecule has 0 aromatic heterocycles. The number of thioether (sulfide) groups is 1. The van der Waals surface area contributed by atoms with Crippen molar-refractivity contribution in [3.63, 3.8) is 0 Å². The summed E-state index contributed by atoms with van der Waals surface area (Å²) >= 11 is 5.02. The molecule has 0 atom stereocenters. The summed E-state index contributed by atoms with van der Waals surface area (Å²) in [5, 5.41) is 0.912. The number of rotatable bonds is 5. The van der Waals surface area contributed by atoms with Crippen LogP contribution in [-0.2, 0) is 4.74 Å². The van der Waals surface area contributed by atoms with Crippen molar-refractivity contribution in [3.8, 4) is 0 Å². The minimum atomic E-state index is -0.241. The van der Waals surface area contributed by atoms with Gasteiger partial charge < -0.3 is 4.74 Å². The molecule has 0 aliphatic heterocycles. The molecule has 4 heteroatoms. The van der Waals surface area contributed by atoms with E-state index in [-0.39, 0.29) is 5.97 Å². The van der Waals surface area contributed by atoms with Crippen LogP contribution in [0.4, 0.5) is 0 Å². The van der Waals surface area contributed by atoms with Crippen molar-refractivity contribution >= 4 is 33.7 Å². The Labute approximate surface area is 103 Å². The Morgan fingerprint density at radius 2 is 2.20 bits per heavy atom. The highest BCUT2D eigenvalue weighted by atomic mass is 79.9. The maximum atomic E-state index is 11.6. The fourth-order valence-corrected chi connectivity index (χ4v) is 2.38. The number of benzene rings is 1. The van der Waals surface area contributed by atoms with Gasteiger partial charge >= 0.3 is 5.97 Å². The van der Waals surface area contributed by atoms with E-state index in [1.807, 2.05) is 25.1 Å². The fourth-order valence-electron chi connectivity index (χ4n) is 1.12. The molecule has 0 radical (unpaired) electrons. The molecule has 1 aromatic carbocycles. The average Bonchev–Trinajstić information content (AvgIpc) is 2.27. The van der Waals surface area contributed by atoms with Gasteiger partial charge in [-0.2, -0.15) is 0 Å². The predicted octanol–water partition coefficient (Wildman–Crippen LogP) is 3.35. The first-order chi connectivity index (χ1) is 7.29. The molecule has 0 fully saturated rings. The number of halogens is 1. The molecule has 15 heavy (non-hydrogen) atoms. The van der Waals surface area contributed by atoms with E-state index in [0.29, 0.717) is 12.2 Å². The topological polar surface area (TPSA) is 26.3 Å². The number of carbonyl (C=O) groups excluding carboxylic acids is 1. The summed E-state index contributed by atoms with van der Waals surface area (Å²) in [5.41, 5.74) is 0.658. The Bertz CT molecular complexity index is 328. The van der Waals surface area contributed by atoms with Gasteiger partial charge in [0, 0.05) is 16.0 Å². The summed E-state index contributed by atoms with van der Waals surface area (Å²) in [4.78, 5) is 12.6. The molecule has 0 amide bonds. The van der Waals surface area contributed by atoms with Crippen LogP contribution in [0.5, 0.6) is 0 Å². The Morgan fingerprint density at radius 1 is 1.47 bits per heavy atom. The van der Waals surface area contributed by atoms with Crippen molar-refractivity contribution in [2.75, 3.05) is 17.7 Å². The molecule has 0 unspecified atom stereocenters. The van der Waals surface area contributed by atoms with Crippen LogP contribution < -0.4 is 0 Å². The van der Waals surface area contributed by atoms with Gasteiger partial charge in [0.2, 0.25) is 0 Å². The van der Waals surface area contributed by atoms with Crippen molar-refractivity contribution in [3.05, 3.63) is 29.8 Å². The third kappa shape index (κ3) is 3.87. The monoisotopic (exact) mass is 288 g/mol. The number of ether oxygens (including phenoxy) is 1. The van der Waals surface area contributed by atoms with Gasteiger partial charge in [-0.25, -0.2) is 4.79 Å². The molecule has 0 saturated carbocycles. The Hall–Kier alpha value is -0.480. The van der Waals surface area contributed by atoms with Crippen molar-refractivity contribution in [1.82, 2.24) is 0 Å². The second kappa shape index (κ2) is 6.90. The number of hydrogen-bond acceptors (Lipinski definition) is 3. The van der Waals surface area contributed by atoms with Gasteiger partial charge in [-0.05, 0) is 19.1 Å². The van der Waals surface area contributed by atoms with Crippen molar-refractivity contribution in [1.29, 1.82) is 0 Å². The van der Waals surface area contributed by atoms with Crippen molar-refractivity contribution in [2.24, 2.45) is 0 Å². The summed E-state index contributed by atoms with van der Waals surface area (Å²) in [6.07, 6.45) is 0. The van der Waals surface area contributed by atoms with E-state index in [4.69, 9.17) is 4.74 Å². The maximum absolute atomic E-state index is 11.6. The van der Waals surface area contributed by atoms with Crippen LogP contribution in [0.15, 0.2) is 29.2 Å². The van der Waals surface area contributed by atoms with Gasteiger partial charge in [-0.15, -0.1) is 11.8 Å². The normalized spacial score (nSPS) is 10.0. The van der Waals surface area contributed by atoms with Gasteiger partial charge in [0.05, 0.1) is 12.2 Å². The lowest BCUT2D eigenvalue weighted by molar-refractivity contribution is 0.0522. The van der Waals surface area contributed by atoms with Crippen LogP contribution >= 0.6 is 27.7 Å². The molecule has 0 bridgehead atoms. The number of esters is 1. The van der Waals surface area contributed by atoms with Gasteiger partial charge in [0.15, 0.2) is 0 Å². The first-order valence-electron chi connectivity index (χ1n) is 4.74. The molecule has 0 N–H and O–H groups in total. The minimum Gasteiger partial charge on any atom is -0.462 e. The fraction of sp³-hybridized carbons (Fsp3) is 0.364. The first-order valence-corrected chi connectivity index (χ1v) is 6.85. The first kappa shape index (κ1) is 12.6. The van der Waals surface area contributed by atoms with E-state index < -0.39 is 0 Å². The highest BCUT2D eigenvalue weighted by Gasteiger charge is 2.11.